The van der Waals surface area contributed by atoms with Crippen molar-refractivity contribution in [3.05, 3.63) is 76.5 Å². The summed E-state index contributed by atoms with van der Waals surface area (Å²) in [6.45, 7) is 4.26. The van der Waals surface area contributed by atoms with Gasteiger partial charge in [-0.3, -0.25) is 19.5 Å². The van der Waals surface area contributed by atoms with E-state index in [4.69, 9.17) is 0 Å². The molecule has 33 heavy (non-hydrogen) atoms. The molecule has 1 atom stereocenters. The van der Waals surface area contributed by atoms with E-state index in [0.29, 0.717) is 11.6 Å². The summed E-state index contributed by atoms with van der Waals surface area (Å²) in [7, 11) is 0. The number of amides is 2. The Balaban J connectivity index is 1.75. The Morgan fingerprint density at radius 3 is 2.42 bits per heavy atom. The summed E-state index contributed by atoms with van der Waals surface area (Å²) in [6.07, 6.45) is 9.87. The maximum absolute atomic E-state index is 13.7. The zero-order valence-corrected chi connectivity index (χ0v) is 19.9. The van der Waals surface area contributed by atoms with E-state index in [1.54, 1.807) is 4.90 Å². The molecule has 1 aliphatic carbocycles. The van der Waals surface area contributed by atoms with Gasteiger partial charge in [-0.2, -0.15) is 0 Å². The lowest BCUT2D eigenvalue weighted by Crippen LogP contribution is -2.47. The van der Waals surface area contributed by atoms with Gasteiger partial charge in [0.1, 0.15) is 5.69 Å². The van der Waals surface area contributed by atoms with E-state index < -0.39 is 6.04 Å². The van der Waals surface area contributed by atoms with Crippen LogP contribution in [-0.2, 0) is 4.79 Å². The number of nitrogens with one attached hydrogen (secondary N) is 1. The first kappa shape index (κ1) is 23.1. The molecule has 0 saturated heterocycles. The van der Waals surface area contributed by atoms with Crippen molar-refractivity contribution in [1.82, 2.24) is 15.3 Å². The van der Waals surface area contributed by atoms with Crippen LogP contribution in [0, 0.1) is 0 Å². The number of rotatable bonds is 7. The fraction of sp³-hybridized carbons (Fsp3) is 0.385. The first-order chi connectivity index (χ1) is 16.0. The third-order valence-corrected chi connectivity index (χ3v) is 7.03. The van der Waals surface area contributed by atoms with E-state index in [1.807, 2.05) is 41.8 Å². The maximum atomic E-state index is 13.7. The molecule has 1 aromatic carbocycles. The van der Waals surface area contributed by atoms with Crippen LogP contribution in [0.1, 0.15) is 78.8 Å². The third kappa shape index (κ3) is 5.47. The van der Waals surface area contributed by atoms with Crippen LogP contribution < -0.4 is 10.2 Å². The minimum absolute atomic E-state index is 0.144. The summed E-state index contributed by atoms with van der Waals surface area (Å²) in [5.41, 5.74) is 2.04. The topological polar surface area (TPSA) is 75.2 Å². The van der Waals surface area contributed by atoms with E-state index in [-0.39, 0.29) is 23.6 Å². The molecule has 0 bridgehead atoms. The van der Waals surface area contributed by atoms with Crippen LogP contribution in [0.5, 0.6) is 0 Å². The van der Waals surface area contributed by atoms with Gasteiger partial charge >= 0.3 is 0 Å². The molecule has 0 radical (unpaired) electrons. The van der Waals surface area contributed by atoms with Crippen molar-refractivity contribution < 1.29 is 9.59 Å². The summed E-state index contributed by atoms with van der Waals surface area (Å²) in [5.74, 6) is -0.141. The third-order valence-electron chi connectivity index (χ3n) is 6.11. The van der Waals surface area contributed by atoms with Gasteiger partial charge in [0.2, 0.25) is 5.91 Å². The molecule has 2 amide bonds. The van der Waals surface area contributed by atoms with Gasteiger partial charge in [0.15, 0.2) is 6.04 Å². The van der Waals surface area contributed by atoms with Gasteiger partial charge in [-0.25, -0.2) is 4.98 Å². The average molecular weight is 463 g/mol. The molecule has 0 aliphatic heterocycles. The van der Waals surface area contributed by atoms with Crippen LogP contribution in [0.3, 0.4) is 0 Å². The van der Waals surface area contributed by atoms with Crippen molar-refractivity contribution in [2.45, 2.75) is 64.0 Å². The van der Waals surface area contributed by atoms with Gasteiger partial charge in [0.25, 0.3) is 5.91 Å². The SMILES string of the molecule is CC(C)c1ccc(N(C(=O)c2cnccn2)C(C(=O)NC2CCCCC2)c2cccs2)cc1. The number of carbonyl (C=O) groups is 2. The average Bonchev–Trinajstić information content (AvgIpc) is 3.37. The zero-order chi connectivity index (χ0) is 23.2. The van der Waals surface area contributed by atoms with Crippen molar-refractivity contribution in [1.29, 1.82) is 0 Å². The Hall–Kier alpha value is -3.06. The van der Waals surface area contributed by atoms with E-state index in [9.17, 15) is 9.59 Å². The Kier molecular flexibility index (Phi) is 7.50. The molecule has 4 rings (SSSR count). The summed E-state index contributed by atoms with van der Waals surface area (Å²) in [6, 6.07) is 11.0. The van der Waals surface area contributed by atoms with Crippen LogP contribution >= 0.6 is 11.3 Å². The highest BCUT2D eigenvalue weighted by Gasteiger charge is 2.35. The number of hydrogen-bond acceptors (Lipinski definition) is 5. The van der Waals surface area contributed by atoms with Crippen molar-refractivity contribution in [2.75, 3.05) is 4.90 Å². The van der Waals surface area contributed by atoms with Crippen LogP contribution in [0.25, 0.3) is 0 Å². The molecule has 7 heteroatoms. The highest BCUT2D eigenvalue weighted by molar-refractivity contribution is 7.10. The number of thiophene rings is 1. The predicted molar refractivity (Wildman–Crippen MR) is 131 cm³/mol. The van der Waals surface area contributed by atoms with Gasteiger partial charge in [0.05, 0.1) is 6.20 Å². The van der Waals surface area contributed by atoms with Gasteiger partial charge in [-0.1, -0.05) is 51.3 Å². The van der Waals surface area contributed by atoms with Crippen LogP contribution in [-0.4, -0.2) is 27.8 Å². The number of carbonyl (C=O) groups excluding carboxylic acids is 2. The highest BCUT2D eigenvalue weighted by atomic mass is 32.1. The van der Waals surface area contributed by atoms with Gasteiger partial charge in [-0.15, -0.1) is 11.3 Å². The van der Waals surface area contributed by atoms with Crippen LogP contribution in [0.2, 0.25) is 0 Å². The smallest absolute Gasteiger partial charge is 0.279 e. The second-order valence-corrected chi connectivity index (χ2v) is 9.75. The fourth-order valence-corrected chi connectivity index (χ4v) is 5.10. The zero-order valence-electron chi connectivity index (χ0n) is 19.1. The number of anilines is 1. The van der Waals surface area contributed by atoms with Crippen molar-refractivity contribution in [3.8, 4) is 0 Å². The predicted octanol–water partition coefficient (Wildman–Crippen LogP) is 5.50. The van der Waals surface area contributed by atoms with E-state index >= 15 is 0 Å². The Bertz CT molecular complexity index is 1050. The number of nitrogens with zero attached hydrogens (tertiary/aromatic N) is 3. The Morgan fingerprint density at radius 1 is 1.06 bits per heavy atom. The fourth-order valence-electron chi connectivity index (χ4n) is 4.28. The molecule has 2 heterocycles. The molecule has 1 saturated carbocycles. The van der Waals surface area contributed by atoms with Gasteiger partial charge in [0, 0.05) is 29.0 Å². The molecule has 172 valence electrons. The van der Waals surface area contributed by atoms with E-state index in [0.717, 1.165) is 30.6 Å². The molecule has 3 aromatic rings. The van der Waals surface area contributed by atoms with E-state index in [2.05, 4.69) is 29.1 Å². The van der Waals surface area contributed by atoms with Crippen molar-refractivity contribution in [2.24, 2.45) is 0 Å². The summed E-state index contributed by atoms with van der Waals surface area (Å²) in [4.78, 5) is 38.1. The molecule has 1 N–H and O–H groups in total. The first-order valence-electron chi connectivity index (χ1n) is 11.6. The molecule has 1 unspecified atom stereocenters. The standard InChI is InChI=1S/C26H30N4O2S/c1-18(2)19-10-12-21(13-11-19)30(26(32)22-17-27-14-15-28-22)24(23-9-6-16-33-23)25(31)29-20-7-4-3-5-8-20/h6,9-18,20,24H,3-5,7-8H2,1-2H3,(H,29,31). The number of benzene rings is 1. The Morgan fingerprint density at radius 2 is 1.82 bits per heavy atom. The molecular weight excluding hydrogens is 432 g/mol. The second kappa shape index (κ2) is 10.7. The molecule has 2 aromatic heterocycles. The Labute approximate surface area is 199 Å². The number of aromatic nitrogens is 2. The minimum atomic E-state index is -0.786. The highest BCUT2D eigenvalue weighted by Crippen LogP contribution is 2.33. The van der Waals surface area contributed by atoms with Crippen molar-refractivity contribution in [3.63, 3.8) is 0 Å². The maximum Gasteiger partial charge on any atom is 0.279 e. The quantitative estimate of drug-likeness (QED) is 0.503. The van der Waals surface area contributed by atoms with Crippen LogP contribution in [0.15, 0.2) is 60.4 Å². The largest absolute Gasteiger partial charge is 0.351 e. The lowest BCUT2D eigenvalue weighted by atomic mass is 9.95. The molecule has 0 spiro atoms. The lowest BCUT2D eigenvalue weighted by molar-refractivity contribution is -0.123. The summed E-state index contributed by atoms with van der Waals surface area (Å²) >= 11 is 1.47. The number of hydrogen-bond donors (Lipinski definition) is 1. The second-order valence-electron chi connectivity index (χ2n) is 8.77. The summed E-state index contributed by atoms with van der Waals surface area (Å²) in [5, 5.41) is 5.16. The normalized spacial score (nSPS) is 15.2. The molecule has 1 aliphatic rings. The van der Waals surface area contributed by atoms with Crippen LogP contribution in [0.4, 0.5) is 5.69 Å². The molecule has 6 nitrogen and oxygen atoms in total. The first-order valence-corrected chi connectivity index (χ1v) is 12.5. The van der Waals surface area contributed by atoms with Gasteiger partial charge < -0.3 is 5.32 Å². The van der Waals surface area contributed by atoms with Gasteiger partial charge in [-0.05, 0) is 47.9 Å². The summed E-state index contributed by atoms with van der Waals surface area (Å²) < 4.78 is 0. The lowest BCUT2D eigenvalue weighted by Gasteiger charge is -2.32. The van der Waals surface area contributed by atoms with Crippen molar-refractivity contribution >= 4 is 28.8 Å². The minimum Gasteiger partial charge on any atom is -0.351 e. The van der Waals surface area contributed by atoms with E-state index in [1.165, 1.54) is 41.9 Å². The molecular formula is C26H30N4O2S. The monoisotopic (exact) mass is 462 g/mol. The molecule has 1 fully saturated rings.